The van der Waals surface area contributed by atoms with Gasteiger partial charge in [-0.1, -0.05) is 26.8 Å². The lowest BCUT2D eigenvalue weighted by molar-refractivity contribution is 0.0696. The Kier molecular flexibility index (Phi) is 6.49. The minimum atomic E-state index is -0.954. The van der Waals surface area contributed by atoms with Gasteiger partial charge in [0.15, 0.2) is 0 Å². The molecule has 21 heavy (non-hydrogen) atoms. The fourth-order valence-electron chi connectivity index (χ4n) is 1.52. The first-order chi connectivity index (χ1) is 9.84. The lowest BCUT2D eigenvalue weighted by atomic mass is 9.93. The summed E-state index contributed by atoms with van der Waals surface area (Å²) in [7, 11) is 0. The van der Waals surface area contributed by atoms with E-state index < -0.39 is 5.97 Å². The molecule has 1 rings (SSSR count). The van der Waals surface area contributed by atoms with Crippen LogP contribution in [0.4, 0.5) is 0 Å². The van der Waals surface area contributed by atoms with E-state index in [1.165, 1.54) is 12.1 Å². The monoisotopic (exact) mass is 307 g/mol. The highest BCUT2D eigenvalue weighted by molar-refractivity contribution is 8.02. The van der Waals surface area contributed by atoms with Crippen LogP contribution in [-0.2, 0) is 0 Å². The number of aliphatic imine (C=N–C) groups is 1. The van der Waals surface area contributed by atoms with Crippen molar-refractivity contribution in [1.82, 2.24) is 0 Å². The number of carboxylic acids is 1. The van der Waals surface area contributed by atoms with Gasteiger partial charge in [-0.2, -0.15) is 0 Å². The molecule has 0 amide bonds. The van der Waals surface area contributed by atoms with Crippen molar-refractivity contribution in [2.24, 2.45) is 10.4 Å². The van der Waals surface area contributed by atoms with Crippen molar-refractivity contribution in [3.63, 3.8) is 0 Å². The molecule has 0 unspecified atom stereocenters. The Labute approximate surface area is 129 Å². The number of rotatable bonds is 7. The predicted molar refractivity (Wildman–Crippen MR) is 88.4 cm³/mol. The zero-order valence-electron chi connectivity index (χ0n) is 12.6. The SMILES string of the molecule is C=N/C(=C\SCCOc1cccc(C(=O)O)c1)C(C)(C)C. The molecule has 0 bridgehead atoms. The van der Waals surface area contributed by atoms with Crippen LogP contribution in [0.5, 0.6) is 5.75 Å². The second-order valence-corrected chi connectivity index (χ2v) is 6.44. The van der Waals surface area contributed by atoms with Gasteiger partial charge in [0.1, 0.15) is 5.75 Å². The van der Waals surface area contributed by atoms with Crippen LogP contribution < -0.4 is 4.74 Å². The maximum absolute atomic E-state index is 10.8. The number of hydrogen-bond acceptors (Lipinski definition) is 4. The number of hydrogen-bond donors (Lipinski definition) is 1. The lowest BCUT2D eigenvalue weighted by Gasteiger charge is -2.18. The molecule has 1 aromatic rings. The zero-order valence-corrected chi connectivity index (χ0v) is 13.4. The largest absolute Gasteiger partial charge is 0.493 e. The Morgan fingerprint density at radius 3 is 2.76 bits per heavy atom. The summed E-state index contributed by atoms with van der Waals surface area (Å²) in [6.45, 7) is 10.3. The Hall–Kier alpha value is -1.75. The van der Waals surface area contributed by atoms with Gasteiger partial charge in [-0.3, -0.25) is 4.99 Å². The summed E-state index contributed by atoms with van der Waals surface area (Å²) in [5, 5.41) is 10.9. The van der Waals surface area contributed by atoms with Crippen LogP contribution in [0, 0.1) is 5.41 Å². The van der Waals surface area contributed by atoms with Gasteiger partial charge >= 0.3 is 5.97 Å². The van der Waals surface area contributed by atoms with Crippen LogP contribution in [-0.4, -0.2) is 30.2 Å². The number of carboxylic acid groups (broad SMARTS) is 1. The minimum absolute atomic E-state index is 0.0224. The summed E-state index contributed by atoms with van der Waals surface area (Å²) < 4.78 is 5.54. The summed E-state index contributed by atoms with van der Waals surface area (Å²) >= 11 is 1.61. The summed E-state index contributed by atoms with van der Waals surface area (Å²) in [5.74, 6) is 0.369. The van der Waals surface area contributed by atoms with Crippen LogP contribution in [0.1, 0.15) is 31.1 Å². The Balaban J connectivity index is 2.44. The van der Waals surface area contributed by atoms with E-state index in [9.17, 15) is 4.79 Å². The van der Waals surface area contributed by atoms with Gasteiger partial charge in [-0.05, 0) is 30.3 Å². The Morgan fingerprint density at radius 2 is 2.19 bits per heavy atom. The smallest absolute Gasteiger partial charge is 0.335 e. The maximum atomic E-state index is 10.8. The second kappa shape index (κ2) is 7.88. The van der Waals surface area contributed by atoms with Crippen molar-refractivity contribution in [3.8, 4) is 5.75 Å². The highest BCUT2D eigenvalue weighted by Crippen LogP contribution is 2.28. The van der Waals surface area contributed by atoms with Crippen LogP contribution in [0.2, 0.25) is 0 Å². The average Bonchev–Trinajstić information content (AvgIpc) is 2.41. The average molecular weight is 307 g/mol. The molecule has 0 aliphatic rings. The molecule has 0 atom stereocenters. The quantitative estimate of drug-likeness (QED) is 0.609. The van der Waals surface area contributed by atoms with Gasteiger partial charge in [-0.15, -0.1) is 11.8 Å². The van der Waals surface area contributed by atoms with Gasteiger partial charge in [-0.25, -0.2) is 4.79 Å². The fraction of sp³-hybridized carbons (Fsp3) is 0.375. The van der Waals surface area contributed by atoms with Crippen LogP contribution in [0.3, 0.4) is 0 Å². The van der Waals surface area contributed by atoms with Gasteiger partial charge < -0.3 is 9.84 Å². The number of carbonyl (C=O) groups is 1. The predicted octanol–water partition coefficient (Wildman–Crippen LogP) is 4.08. The van der Waals surface area contributed by atoms with Gasteiger partial charge in [0, 0.05) is 11.2 Å². The molecule has 1 aromatic carbocycles. The normalized spacial score (nSPS) is 12.0. The maximum Gasteiger partial charge on any atom is 0.335 e. The zero-order chi connectivity index (χ0) is 15.9. The van der Waals surface area contributed by atoms with Crippen molar-refractivity contribution >= 4 is 24.4 Å². The summed E-state index contributed by atoms with van der Waals surface area (Å²) in [6.07, 6.45) is 0. The number of thioether (sulfide) groups is 1. The molecule has 0 aliphatic carbocycles. The van der Waals surface area contributed by atoms with Crippen LogP contribution in [0.25, 0.3) is 0 Å². The summed E-state index contributed by atoms with van der Waals surface area (Å²) in [5.41, 5.74) is 1.15. The number of benzene rings is 1. The molecular weight excluding hydrogens is 286 g/mol. The van der Waals surface area contributed by atoms with Crippen molar-refractivity contribution in [3.05, 3.63) is 40.9 Å². The van der Waals surface area contributed by atoms with E-state index in [1.54, 1.807) is 23.9 Å². The molecule has 0 aliphatic heterocycles. The van der Waals surface area contributed by atoms with Crippen LogP contribution >= 0.6 is 11.8 Å². The van der Waals surface area contributed by atoms with E-state index in [0.717, 1.165) is 11.4 Å². The topological polar surface area (TPSA) is 58.9 Å². The third-order valence-electron chi connectivity index (χ3n) is 2.68. The van der Waals surface area contributed by atoms with E-state index in [0.29, 0.717) is 12.4 Å². The van der Waals surface area contributed by atoms with E-state index in [1.807, 2.05) is 5.41 Å². The molecule has 0 saturated heterocycles. The number of allylic oxidation sites excluding steroid dienone is 1. The Bertz CT molecular complexity index is 533. The first-order valence-corrected chi connectivity index (χ1v) is 7.64. The standard InChI is InChI=1S/C16H21NO3S/c1-16(2,3)14(17-4)11-21-9-8-20-13-7-5-6-12(10-13)15(18)19/h5-7,10-11H,4,8-9H2,1-3H3,(H,18,19)/b14-11-. The summed E-state index contributed by atoms with van der Waals surface area (Å²) in [4.78, 5) is 14.9. The van der Waals surface area contributed by atoms with E-state index >= 15 is 0 Å². The molecule has 0 heterocycles. The number of nitrogens with zero attached hydrogens (tertiary/aromatic N) is 1. The molecule has 114 valence electrons. The molecule has 0 radical (unpaired) electrons. The molecular formula is C16H21NO3S. The minimum Gasteiger partial charge on any atom is -0.493 e. The fourth-order valence-corrected chi connectivity index (χ4v) is 2.40. The molecule has 0 fully saturated rings. The first-order valence-electron chi connectivity index (χ1n) is 6.59. The van der Waals surface area contributed by atoms with E-state index in [-0.39, 0.29) is 11.0 Å². The summed E-state index contributed by atoms with van der Waals surface area (Å²) in [6, 6.07) is 6.48. The van der Waals surface area contributed by atoms with Crippen molar-refractivity contribution < 1.29 is 14.6 Å². The van der Waals surface area contributed by atoms with Crippen LogP contribution in [0.15, 0.2) is 40.4 Å². The van der Waals surface area contributed by atoms with E-state index in [4.69, 9.17) is 9.84 Å². The van der Waals surface area contributed by atoms with Crippen molar-refractivity contribution in [2.45, 2.75) is 20.8 Å². The lowest BCUT2D eigenvalue weighted by Crippen LogP contribution is -2.07. The van der Waals surface area contributed by atoms with Gasteiger partial charge in [0.2, 0.25) is 0 Å². The molecule has 4 nitrogen and oxygen atoms in total. The molecule has 5 heteroatoms. The second-order valence-electron chi connectivity index (χ2n) is 5.46. The molecule has 1 N–H and O–H groups in total. The Morgan fingerprint density at radius 1 is 1.48 bits per heavy atom. The molecule has 0 saturated carbocycles. The number of ether oxygens (including phenoxy) is 1. The highest BCUT2D eigenvalue weighted by Gasteiger charge is 2.15. The first kappa shape index (κ1) is 17.3. The molecule has 0 aromatic heterocycles. The third-order valence-corrected chi connectivity index (χ3v) is 3.48. The van der Waals surface area contributed by atoms with Crippen molar-refractivity contribution in [1.29, 1.82) is 0 Å². The van der Waals surface area contributed by atoms with Crippen molar-refractivity contribution in [2.75, 3.05) is 12.4 Å². The van der Waals surface area contributed by atoms with E-state index in [2.05, 4.69) is 32.5 Å². The highest BCUT2D eigenvalue weighted by atomic mass is 32.2. The number of aromatic carboxylic acids is 1. The third kappa shape index (κ3) is 6.04. The van der Waals surface area contributed by atoms with Gasteiger partial charge in [0.25, 0.3) is 0 Å². The van der Waals surface area contributed by atoms with Gasteiger partial charge in [0.05, 0.1) is 17.9 Å². The molecule has 0 spiro atoms.